The zero-order valence-corrected chi connectivity index (χ0v) is 13.6. The van der Waals surface area contributed by atoms with Crippen LogP contribution in [0.5, 0.6) is 11.5 Å². The van der Waals surface area contributed by atoms with E-state index in [9.17, 15) is 0 Å². The average molecular weight is 286 g/mol. The molecule has 0 fully saturated rings. The number of allylic oxidation sites excluding steroid dienone is 3. The van der Waals surface area contributed by atoms with Crippen LogP contribution in [0.15, 0.2) is 42.0 Å². The van der Waals surface area contributed by atoms with E-state index in [2.05, 4.69) is 52.0 Å². The highest BCUT2D eigenvalue weighted by molar-refractivity contribution is 5.42. The van der Waals surface area contributed by atoms with Crippen LogP contribution < -0.4 is 9.47 Å². The second kappa shape index (κ2) is 6.84. The Morgan fingerprint density at radius 1 is 1.33 bits per heavy atom. The fourth-order valence-corrected chi connectivity index (χ4v) is 2.17. The summed E-state index contributed by atoms with van der Waals surface area (Å²) in [5.74, 6) is 1.84. The summed E-state index contributed by atoms with van der Waals surface area (Å²) in [7, 11) is 0. The Morgan fingerprint density at radius 2 is 2.14 bits per heavy atom. The predicted molar refractivity (Wildman–Crippen MR) is 88.1 cm³/mol. The topological polar surface area (TPSA) is 18.5 Å². The zero-order chi connectivity index (χ0) is 15.3. The molecule has 0 amide bonds. The lowest BCUT2D eigenvalue weighted by atomic mass is 9.92. The van der Waals surface area contributed by atoms with Crippen molar-refractivity contribution in [3.8, 4) is 11.5 Å². The molecule has 0 saturated carbocycles. The lowest BCUT2D eigenvalue weighted by Gasteiger charge is -2.14. The molecule has 0 bridgehead atoms. The summed E-state index contributed by atoms with van der Waals surface area (Å²) >= 11 is 0. The molecule has 1 aromatic carbocycles. The highest BCUT2D eigenvalue weighted by Crippen LogP contribution is 2.29. The first-order valence-electron chi connectivity index (χ1n) is 7.66. The summed E-state index contributed by atoms with van der Waals surface area (Å²) in [6, 6.07) is 6.10. The van der Waals surface area contributed by atoms with Gasteiger partial charge < -0.3 is 9.47 Å². The largest absolute Gasteiger partial charge is 0.493 e. The third-order valence-electron chi connectivity index (χ3n) is 3.43. The van der Waals surface area contributed by atoms with Crippen molar-refractivity contribution >= 4 is 0 Å². The summed E-state index contributed by atoms with van der Waals surface area (Å²) in [6.45, 7) is 10.2. The third-order valence-corrected chi connectivity index (χ3v) is 3.43. The maximum Gasteiger partial charge on any atom is 0.126 e. The Hall–Kier alpha value is -1.70. The summed E-state index contributed by atoms with van der Waals surface area (Å²) in [5, 5.41) is 0. The van der Waals surface area contributed by atoms with Crippen LogP contribution in [0.3, 0.4) is 0 Å². The van der Waals surface area contributed by atoms with E-state index in [1.807, 2.05) is 12.1 Å². The average Bonchev–Trinajstić information content (AvgIpc) is 2.84. The fraction of sp³-hybridized carbons (Fsp3) is 0.474. The van der Waals surface area contributed by atoms with Gasteiger partial charge in [-0.1, -0.05) is 44.6 Å². The van der Waals surface area contributed by atoms with Crippen LogP contribution in [-0.2, 0) is 6.42 Å². The number of benzene rings is 1. The molecular weight excluding hydrogens is 260 g/mol. The molecular formula is C19H26O2. The minimum Gasteiger partial charge on any atom is -0.493 e. The summed E-state index contributed by atoms with van der Waals surface area (Å²) in [6.07, 6.45) is 8.59. The quantitative estimate of drug-likeness (QED) is 0.714. The van der Waals surface area contributed by atoms with Gasteiger partial charge in [0, 0.05) is 12.5 Å². The molecule has 1 aliphatic rings. The molecule has 2 rings (SSSR count). The molecule has 0 spiro atoms. The van der Waals surface area contributed by atoms with Gasteiger partial charge in [-0.15, -0.1) is 0 Å². The molecule has 1 heterocycles. The lowest BCUT2D eigenvalue weighted by Crippen LogP contribution is -2.01. The monoisotopic (exact) mass is 286 g/mol. The Kier molecular flexibility index (Phi) is 5.11. The molecule has 0 saturated heterocycles. The molecule has 0 N–H and O–H groups in total. The normalized spacial score (nSPS) is 15.1. The van der Waals surface area contributed by atoms with E-state index in [1.165, 1.54) is 11.1 Å². The van der Waals surface area contributed by atoms with Crippen LogP contribution in [0, 0.1) is 5.41 Å². The van der Waals surface area contributed by atoms with Crippen LogP contribution >= 0.6 is 0 Å². The molecule has 0 aromatic heterocycles. The fourth-order valence-electron chi connectivity index (χ4n) is 2.17. The standard InChI is InChI=1S/C19H26O2/c1-15(6-5-11-19(2,3)4)9-12-20-17-8-7-16-10-13-21-18(16)14-17/h5-9,14H,10-13H2,1-4H3/b6-5+,15-9+. The van der Waals surface area contributed by atoms with E-state index >= 15 is 0 Å². The van der Waals surface area contributed by atoms with Crippen LogP contribution in [0.25, 0.3) is 0 Å². The molecule has 0 aliphatic carbocycles. The van der Waals surface area contributed by atoms with Gasteiger partial charge in [-0.25, -0.2) is 0 Å². The van der Waals surface area contributed by atoms with Crippen LogP contribution in [0.4, 0.5) is 0 Å². The van der Waals surface area contributed by atoms with Gasteiger partial charge in [0.15, 0.2) is 0 Å². The summed E-state index contributed by atoms with van der Waals surface area (Å²) in [4.78, 5) is 0. The van der Waals surface area contributed by atoms with Crippen molar-refractivity contribution in [1.29, 1.82) is 0 Å². The van der Waals surface area contributed by atoms with E-state index in [0.717, 1.165) is 30.9 Å². The van der Waals surface area contributed by atoms with Crippen molar-refractivity contribution in [1.82, 2.24) is 0 Å². The third kappa shape index (κ3) is 5.30. The number of fused-ring (bicyclic) bond motifs is 1. The molecule has 2 heteroatoms. The first-order valence-corrected chi connectivity index (χ1v) is 7.66. The Labute approximate surface area is 128 Å². The summed E-state index contributed by atoms with van der Waals surface area (Å²) < 4.78 is 11.3. The number of hydrogen-bond acceptors (Lipinski definition) is 2. The Bertz CT molecular complexity index is 533. The van der Waals surface area contributed by atoms with Crippen LogP contribution in [0.2, 0.25) is 0 Å². The first kappa shape index (κ1) is 15.7. The molecule has 1 aliphatic heterocycles. The number of ether oxygens (including phenoxy) is 2. The Balaban J connectivity index is 1.81. The highest BCUT2D eigenvalue weighted by Gasteiger charge is 2.12. The Morgan fingerprint density at radius 3 is 2.90 bits per heavy atom. The van der Waals surface area contributed by atoms with Crippen molar-refractivity contribution in [3.63, 3.8) is 0 Å². The molecule has 2 nitrogen and oxygen atoms in total. The van der Waals surface area contributed by atoms with E-state index in [0.29, 0.717) is 12.0 Å². The molecule has 0 radical (unpaired) electrons. The zero-order valence-electron chi connectivity index (χ0n) is 13.6. The van der Waals surface area contributed by atoms with Crippen molar-refractivity contribution in [2.75, 3.05) is 13.2 Å². The predicted octanol–water partition coefficient (Wildman–Crippen LogP) is 4.94. The molecule has 0 atom stereocenters. The van der Waals surface area contributed by atoms with Crippen LogP contribution in [-0.4, -0.2) is 13.2 Å². The van der Waals surface area contributed by atoms with Gasteiger partial charge in [0.05, 0.1) is 6.61 Å². The maximum absolute atomic E-state index is 5.76. The maximum atomic E-state index is 5.76. The molecule has 1 aromatic rings. The molecule has 114 valence electrons. The van der Waals surface area contributed by atoms with E-state index in [-0.39, 0.29) is 0 Å². The van der Waals surface area contributed by atoms with Gasteiger partial charge in [-0.2, -0.15) is 0 Å². The van der Waals surface area contributed by atoms with E-state index in [4.69, 9.17) is 9.47 Å². The SMILES string of the molecule is CC(/C=C/CC(C)(C)C)=C\COc1ccc2c(c1)OCC2. The number of hydrogen-bond donors (Lipinski definition) is 0. The van der Waals surface area contributed by atoms with Gasteiger partial charge >= 0.3 is 0 Å². The van der Waals surface area contributed by atoms with Gasteiger partial charge in [0.25, 0.3) is 0 Å². The van der Waals surface area contributed by atoms with Crippen molar-refractivity contribution in [2.24, 2.45) is 5.41 Å². The van der Waals surface area contributed by atoms with Gasteiger partial charge in [0.1, 0.15) is 18.1 Å². The van der Waals surface area contributed by atoms with Crippen LogP contribution in [0.1, 0.15) is 39.7 Å². The smallest absolute Gasteiger partial charge is 0.126 e. The minimum absolute atomic E-state index is 0.345. The van der Waals surface area contributed by atoms with Gasteiger partial charge in [-0.05, 0) is 36.5 Å². The van der Waals surface area contributed by atoms with Crippen molar-refractivity contribution in [2.45, 2.75) is 40.5 Å². The highest BCUT2D eigenvalue weighted by atomic mass is 16.5. The number of rotatable bonds is 5. The van der Waals surface area contributed by atoms with Crippen molar-refractivity contribution < 1.29 is 9.47 Å². The second-order valence-corrected chi connectivity index (χ2v) is 6.79. The van der Waals surface area contributed by atoms with Crippen molar-refractivity contribution in [3.05, 3.63) is 47.6 Å². The van der Waals surface area contributed by atoms with Gasteiger partial charge in [-0.3, -0.25) is 0 Å². The molecule has 21 heavy (non-hydrogen) atoms. The van der Waals surface area contributed by atoms with Gasteiger partial charge in [0.2, 0.25) is 0 Å². The summed E-state index contributed by atoms with van der Waals surface area (Å²) in [5.41, 5.74) is 2.85. The minimum atomic E-state index is 0.345. The second-order valence-electron chi connectivity index (χ2n) is 6.79. The van der Waals surface area contributed by atoms with E-state index in [1.54, 1.807) is 0 Å². The molecule has 0 unspecified atom stereocenters. The lowest BCUT2D eigenvalue weighted by molar-refractivity contribution is 0.344. The van der Waals surface area contributed by atoms with E-state index < -0.39 is 0 Å². The first-order chi connectivity index (χ1) is 9.94.